The fraction of sp³-hybridized carbons (Fsp3) is 0.250. The second-order valence-corrected chi connectivity index (χ2v) is 6.34. The number of benzene rings is 1. The Labute approximate surface area is 147 Å². The van der Waals surface area contributed by atoms with Gasteiger partial charge in [-0.05, 0) is 37.1 Å². The van der Waals surface area contributed by atoms with Crippen molar-refractivity contribution in [2.75, 3.05) is 13.1 Å². The molecule has 0 bridgehead atoms. The highest BCUT2D eigenvalue weighted by Crippen LogP contribution is 2.31. The van der Waals surface area contributed by atoms with Crippen LogP contribution in [0.15, 0.2) is 65.9 Å². The fourth-order valence-corrected chi connectivity index (χ4v) is 3.40. The van der Waals surface area contributed by atoms with E-state index in [-0.39, 0.29) is 0 Å². The van der Waals surface area contributed by atoms with Gasteiger partial charge >= 0.3 is 0 Å². The van der Waals surface area contributed by atoms with Crippen LogP contribution in [-0.4, -0.2) is 33.8 Å². The van der Waals surface area contributed by atoms with E-state index in [4.69, 9.17) is 10.2 Å². The third-order valence-corrected chi connectivity index (χ3v) is 4.77. The molecule has 2 N–H and O–H groups in total. The van der Waals surface area contributed by atoms with Crippen molar-refractivity contribution in [2.24, 2.45) is 5.73 Å². The van der Waals surface area contributed by atoms with E-state index in [9.17, 15) is 0 Å². The molecule has 0 amide bonds. The number of furan rings is 1. The van der Waals surface area contributed by atoms with Crippen molar-refractivity contribution in [3.05, 3.63) is 67.2 Å². The standard InChI is InChI=1S/C20H22N4O/c1-15(23-11-5-8-18(23)12-21)19-9-10-20(25-19)16-13-22-24(14-16)17-6-3-2-4-7-17/h2-4,6-7,9-10,13-14,18H,1,5,8,11-12,21H2. The molecule has 1 aliphatic rings. The van der Waals surface area contributed by atoms with E-state index in [1.807, 2.05) is 59.5 Å². The predicted molar refractivity (Wildman–Crippen MR) is 99.1 cm³/mol. The Morgan fingerprint density at radius 3 is 2.88 bits per heavy atom. The molecule has 5 heteroatoms. The first kappa shape index (κ1) is 15.7. The minimum absolute atomic E-state index is 0.363. The zero-order chi connectivity index (χ0) is 17.2. The normalized spacial score (nSPS) is 17.2. The second-order valence-electron chi connectivity index (χ2n) is 6.34. The van der Waals surface area contributed by atoms with Gasteiger partial charge in [-0.15, -0.1) is 0 Å². The average molecular weight is 334 g/mol. The molecule has 1 saturated heterocycles. The van der Waals surface area contributed by atoms with Crippen LogP contribution in [0.2, 0.25) is 0 Å². The number of hydrogen-bond donors (Lipinski definition) is 1. The lowest BCUT2D eigenvalue weighted by molar-refractivity contribution is 0.365. The molecule has 1 atom stereocenters. The Kier molecular flexibility index (Phi) is 4.15. The van der Waals surface area contributed by atoms with Crippen LogP contribution < -0.4 is 5.73 Å². The van der Waals surface area contributed by atoms with Crippen LogP contribution >= 0.6 is 0 Å². The van der Waals surface area contributed by atoms with Gasteiger partial charge in [0.15, 0.2) is 0 Å². The lowest BCUT2D eigenvalue weighted by Crippen LogP contribution is -2.33. The van der Waals surface area contributed by atoms with Gasteiger partial charge in [0.05, 0.1) is 23.1 Å². The van der Waals surface area contributed by atoms with Crippen molar-refractivity contribution in [1.82, 2.24) is 14.7 Å². The quantitative estimate of drug-likeness (QED) is 0.775. The molecular formula is C20H22N4O. The minimum atomic E-state index is 0.363. The maximum absolute atomic E-state index is 6.05. The first-order chi connectivity index (χ1) is 12.3. The first-order valence-electron chi connectivity index (χ1n) is 8.62. The van der Waals surface area contributed by atoms with Crippen molar-refractivity contribution >= 4 is 5.70 Å². The molecule has 1 aromatic carbocycles. The van der Waals surface area contributed by atoms with Crippen molar-refractivity contribution in [3.8, 4) is 17.0 Å². The Morgan fingerprint density at radius 2 is 2.08 bits per heavy atom. The molecule has 3 aromatic rings. The van der Waals surface area contributed by atoms with Crippen LogP contribution in [0.25, 0.3) is 22.7 Å². The van der Waals surface area contributed by atoms with Crippen molar-refractivity contribution in [1.29, 1.82) is 0 Å². The van der Waals surface area contributed by atoms with Crippen molar-refractivity contribution in [3.63, 3.8) is 0 Å². The smallest absolute Gasteiger partial charge is 0.150 e. The van der Waals surface area contributed by atoms with E-state index in [2.05, 4.69) is 16.6 Å². The second kappa shape index (κ2) is 6.61. The minimum Gasteiger partial charge on any atom is -0.454 e. The number of hydrogen-bond acceptors (Lipinski definition) is 4. The molecule has 2 aromatic heterocycles. The van der Waals surface area contributed by atoms with Crippen LogP contribution in [0.3, 0.4) is 0 Å². The molecule has 128 valence electrons. The summed E-state index contributed by atoms with van der Waals surface area (Å²) in [5.41, 5.74) is 8.75. The van der Waals surface area contributed by atoms with Gasteiger partial charge in [0.25, 0.3) is 0 Å². The van der Waals surface area contributed by atoms with Crippen LogP contribution in [0.1, 0.15) is 18.6 Å². The molecule has 1 aliphatic heterocycles. The molecule has 0 radical (unpaired) electrons. The molecule has 0 aliphatic carbocycles. The fourth-order valence-electron chi connectivity index (χ4n) is 3.40. The Hall–Kier alpha value is -2.79. The molecule has 0 saturated carbocycles. The lowest BCUT2D eigenvalue weighted by Gasteiger charge is -2.26. The monoisotopic (exact) mass is 334 g/mol. The highest BCUT2D eigenvalue weighted by molar-refractivity contribution is 5.63. The Bertz CT molecular complexity index is 865. The molecular weight excluding hydrogens is 312 g/mol. The predicted octanol–water partition coefficient (Wildman–Crippen LogP) is 3.53. The van der Waals surface area contributed by atoms with E-state index in [1.165, 1.54) is 0 Å². The van der Waals surface area contributed by atoms with Crippen molar-refractivity contribution in [2.45, 2.75) is 18.9 Å². The summed E-state index contributed by atoms with van der Waals surface area (Å²) < 4.78 is 7.90. The summed E-state index contributed by atoms with van der Waals surface area (Å²) in [6, 6.07) is 14.3. The van der Waals surface area contributed by atoms with Gasteiger partial charge < -0.3 is 15.1 Å². The molecule has 1 fully saturated rings. The highest BCUT2D eigenvalue weighted by atomic mass is 16.3. The third-order valence-electron chi connectivity index (χ3n) is 4.77. The van der Waals surface area contributed by atoms with E-state index in [1.54, 1.807) is 0 Å². The topological polar surface area (TPSA) is 60.2 Å². The van der Waals surface area contributed by atoms with Gasteiger partial charge in [-0.1, -0.05) is 24.8 Å². The van der Waals surface area contributed by atoms with Gasteiger partial charge in [-0.3, -0.25) is 0 Å². The van der Waals surface area contributed by atoms with Gasteiger partial charge in [-0.25, -0.2) is 4.68 Å². The molecule has 25 heavy (non-hydrogen) atoms. The van der Waals surface area contributed by atoms with Crippen LogP contribution in [0, 0.1) is 0 Å². The maximum Gasteiger partial charge on any atom is 0.150 e. The number of aromatic nitrogens is 2. The largest absolute Gasteiger partial charge is 0.454 e. The summed E-state index contributed by atoms with van der Waals surface area (Å²) in [6.45, 7) is 5.86. The number of rotatable bonds is 5. The molecule has 1 unspecified atom stereocenters. The van der Waals surface area contributed by atoms with Crippen LogP contribution in [-0.2, 0) is 0 Å². The summed E-state index contributed by atoms with van der Waals surface area (Å²) in [5, 5.41) is 4.43. The summed E-state index contributed by atoms with van der Waals surface area (Å²) in [5.74, 6) is 1.59. The average Bonchev–Trinajstić information content (AvgIpc) is 3.41. The summed E-state index contributed by atoms with van der Waals surface area (Å²) in [7, 11) is 0. The highest BCUT2D eigenvalue weighted by Gasteiger charge is 2.26. The third kappa shape index (κ3) is 2.98. The number of para-hydroxylation sites is 1. The number of nitrogens with zero attached hydrogens (tertiary/aromatic N) is 3. The Morgan fingerprint density at radius 1 is 1.24 bits per heavy atom. The zero-order valence-electron chi connectivity index (χ0n) is 14.1. The van der Waals surface area contributed by atoms with E-state index >= 15 is 0 Å². The van der Waals surface area contributed by atoms with Gasteiger partial charge in [-0.2, -0.15) is 5.10 Å². The number of nitrogens with two attached hydrogens (primary N) is 1. The maximum atomic E-state index is 6.05. The summed E-state index contributed by atoms with van der Waals surface area (Å²) in [4.78, 5) is 2.26. The van der Waals surface area contributed by atoms with Crippen LogP contribution in [0.5, 0.6) is 0 Å². The van der Waals surface area contributed by atoms with Gasteiger partial charge in [0.2, 0.25) is 0 Å². The van der Waals surface area contributed by atoms with E-state index in [0.717, 1.165) is 47.9 Å². The zero-order valence-corrected chi connectivity index (χ0v) is 14.1. The molecule has 5 nitrogen and oxygen atoms in total. The van der Waals surface area contributed by atoms with Gasteiger partial charge in [0, 0.05) is 25.3 Å². The molecule has 3 heterocycles. The van der Waals surface area contributed by atoms with E-state index in [0.29, 0.717) is 12.6 Å². The van der Waals surface area contributed by atoms with E-state index < -0.39 is 0 Å². The van der Waals surface area contributed by atoms with Crippen LogP contribution in [0.4, 0.5) is 0 Å². The first-order valence-corrected chi connectivity index (χ1v) is 8.62. The summed E-state index contributed by atoms with van der Waals surface area (Å²) >= 11 is 0. The Balaban J connectivity index is 1.56. The molecule has 4 rings (SSSR count). The van der Waals surface area contributed by atoms with Crippen molar-refractivity contribution < 1.29 is 4.42 Å². The number of likely N-dealkylation sites (tertiary alicyclic amines) is 1. The summed E-state index contributed by atoms with van der Waals surface area (Å²) in [6.07, 6.45) is 6.06. The lowest BCUT2D eigenvalue weighted by atomic mass is 10.2. The molecule has 0 spiro atoms. The SMILES string of the molecule is C=C(c1ccc(-c2cnn(-c3ccccc3)c2)o1)N1CCCC1CN. The van der Waals surface area contributed by atoms with Gasteiger partial charge in [0.1, 0.15) is 11.5 Å².